The number of amides is 4. The minimum atomic E-state index is -1.54. The molecule has 0 saturated heterocycles. The summed E-state index contributed by atoms with van der Waals surface area (Å²) in [4.78, 5) is 71.6. The van der Waals surface area contributed by atoms with E-state index in [0.717, 1.165) is 0 Å². The third kappa shape index (κ3) is 10.8. The Morgan fingerprint density at radius 3 is 1.79 bits per heavy atom. The normalized spacial score (nSPS) is 15.5. The van der Waals surface area contributed by atoms with Crippen molar-refractivity contribution in [3.05, 3.63) is 0 Å². The van der Waals surface area contributed by atoms with E-state index in [0.29, 0.717) is 6.42 Å². The third-order valence-corrected chi connectivity index (χ3v) is 5.12. The average molecular weight is 474 g/mol. The van der Waals surface area contributed by atoms with E-state index in [9.17, 15) is 33.9 Å². The molecule has 0 fully saturated rings. The summed E-state index contributed by atoms with van der Waals surface area (Å²) >= 11 is 0. The van der Waals surface area contributed by atoms with Gasteiger partial charge in [0.1, 0.15) is 18.1 Å². The van der Waals surface area contributed by atoms with Crippen molar-refractivity contribution in [1.82, 2.24) is 16.0 Å². The van der Waals surface area contributed by atoms with Crippen LogP contribution in [0.1, 0.15) is 53.4 Å². The molecule has 0 radical (unpaired) electrons. The van der Waals surface area contributed by atoms with Gasteiger partial charge in [-0.05, 0) is 18.3 Å². The molecule has 5 atom stereocenters. The van der Waals surface area contributed by atoms with Gasteiger partial charge in [-0.3, -0.25) is 24.0 Å². The predicted molar refractivity (Wildman–Crippen MR) is 116 cm³/mol. The number of rotatable bonds is 15. The lowest BCUT2D eigenvalue weighted by atomic mass is 9.98. The van der Waals surface area contributed by atoms with Crippen LogP contribution in [0.25, 0.3) is 0 Å². The van der Waals surface area contributed by atoms with E-state index < -0.39 is 78.5 Å². The molecule has 188 valence electrons. The van der Waals surface area contributed by atoms with Gasteiger partial charge in [-0.2, -0.15) is 0 Å². The molecule has 13 nitrogen and oxygen atoms in total. The van der Waals surface area contributed by atoms with Crippen LogP contribution >= 0.6 is 0 Å². The van der Waals surface area contributed by atoms with E-state index in [1.165, 1.54) is 0 Å². The van der Waals surface area contributed by atoms with Crippen LogP contribution in [0.4, 0.5) is 0 Å². The highest BCUT2D eigenvalue weighted by atomic mass is 16.4. The molecule has 0 bridgehead atoms. The van der Waals surface area contributed by atoms with Crippen molar-refractivity contribution >= 4 is 35.6 Å². The molecule has 0 aromatic carbocycles. The maximum absolute atomic E-state index is 12.8. The van der Waals surface area contributed by atoms with Gasteiger partial charge in [0.2, 0.25) is 23.6 Å². The maximum atomic E-state index is 12.8. The molecule has 33 heavy (non-hydrogen) atoms. The van der Waals surface area contributed by atoms with Crippen molar-refractivity contribution in [3.8, 4) is 0 Å². The standard InChI is InChI=1S/C20H35N5O8/c1-5-10(4)16(20(32)33)25-18(30)12(8-13(21)26)24-17(29)11(6-7-14(27)28)23-19(31)15(22)9(2)3/h9-12,15-16H,5-8,22H2,1-4H3,(H2,21,26)(H,23,31)(H,24,29)(H,25,30)(H,27,28)(H,32,33). The monoisotopic (exact) mass is 473 g/mol. The first-order chi connectivity index (χ1) is 15.2. The Hall–Kier alpha value is -3.22. The van der Waals surface area contributed by atoms with Crippen LogP contribution in [0.15, 0.2) is 0 Å². The summed E-state index contributed by atoms with van der Waals surface area (Å²) in [6.07, 6.45) is -0.997. The van der Waals surface area contributed by atoms with E-state index in [1.54, 1.807) is 27.7 Å². The number of primary amides is 1. The molecule has 4 amide bonds. The predicted octanol–water partition coefficient (Wildman–Crippen LogP) is -1.70. The van der Waals surface area contributed by atoms with Gasteiger partial charge in [-0.15, -0.1) is 0 Å². The molecule has 0 heterocycles. The minimum Gasteiger partial charge on any atom is -0.481 e. The fourth-order valence-corrected chi connectivity index (χ4v) is 2.73. The van der Waals surface area contributed by atoms with E-state index in [2.05, 4.69) is 16.0 Å². The molecule has 0 aromatic rings. The zero-order valence-electron chi connectivity index (χ0n) is 19.3. The highest BCUT2D eigenvalue weighted by Crippen LogP contribution is 2.09. The molecule has 0 aliphatic heterocycles. The molecule has 0 aliphatic carbocycles. The second-order valence-corrected chi connectivity index (χ2v) is 8.21. The van der Waals surface area contributed by atoms with Gasteiger partial charge < -0.3 is 37.6 Å². The van der Waals surface area contributed by atoms with Gasteiger partial charge in [-0.25, -0.2) is 4.79 Å². The van der Waals surface area contributed by atoms with Crippen molar-refractivity contribution in [1.29, 1.82) is 0 Å². The highest BCUT2D eigenvalue weighted by molar-refractivity contribution is 5.96. The molecule has 0 rings (SSSR count). The molecule has 9 N–H and O–H groups in total. The Morgan fingerprint density at radius 1 is 0.848 bits per heavy atom. The number of carboxylic acid groups (broad SMARTS) is 2. The molecule has 13 heteroatoms. The van der Waals surface area contributed by atoms with Crippen molar-refractivity contribution in [2.75, 3.05) is 0 Å². The Labute approximate surface area is 192 Å². The van der Waals surface area contributed by atoms with Crippen LogP contribution in [0.3, 0.4) is 0 Å². The van der Waals surface area contributed by atoms with E-state index in [4.69, 9.17) is 16.6 Å². The lowest BCUT2D eigenvalue weighted by Crippen LogP contribution is -2.58. The smallest absolute Gasteiger partial charge is 0.326 e. The van der Waals surface area contributed by atoms with Crippen LogP contribution < -0.4 is 27.4 Å². The van der Waals surface area contributed by atoms with Gasteiger partial charge >= 0.3 is 11.9 Å². The van der Waals surface area contributed by atoms with Gasteiger partial charge in [0.15, 0.2) is 0 Å². The van der Waals surface area contributed by atoms with Crippen LogP contribution in [0.2, 0.25) is 0 Å². The number of hydrogen-bond acceptors (Lipinski definition) is 7. The molecule has 0 spiro atoms. The summed E-state index contributed by atoms with van der Waals surface area (Å²) in [5.41, 5.74) is 10.9. The molecule has 0 aliphatic rings. The summed E-state index contributed by atoms with van der Waals surface area (Å²) < 4.78 is 0. The van der Waals surface area contributed by atoms with Crippen molar-refractivity contribution in [2.24, 2.45) is 23.3 Å². The highest BCUT2D eigenvalue weighted by Gasteiger charge is 2.33. The number of carboxylic acids is 2. The fourth-order valence-electron chi connectivity index (χ4n) is 2.73. The van der Waals surface area contributed by atoms with Gasteiger partial charge in [0, 0.05) is 6.42 Å². The van der Waals surface area contributed by atoms with E-state index in [-0.39, 0.29) is 12.3 Å². The SMILES string of the molecule is CCC(C)C(NC(=O)C(CC(N)=O)NC(=O)C(CCC(=O)O)NC(=O)C(N)C(C)C)C(=O)O. The quantitative estimate of drug-likeness (QED) is 0.143. The zero-order chi connectivity index (χ0) is 25.9. The van der Waals surface area contributed by atoms with Crippen molar-refractivity contribution in [3.63, 3.8) is 0 Å². The van der Waals surface area contributed by atoms with E-state index >= 15 is 0 Å². The Kier molecular flexibility index (Phi) is 12.7. The summed E-state index contributed by atoms with van der Waals surface area (Å²) in [5, 5.41) is 25.2. The zero-order valence-corrected chi connectivity index (χ0v) is 19.3. The van der Waals surface area contributed by atoms with Crippen LogP contribution in [0, 0.1) is 11.8 Å². The number of nitrogens with two attached hydrogens (primary N) is 2. The summed E-state index contributed by atoms with van der Waals surface area (Å²) in [5.74, 6) is -6.79. The second-order valence-electron chi connectivity index (χ2n) is 8.21. The van der Waals surface area contributed by atoms with Crippen LogP contribution in [0.5, 0.6) is 0 Å². The Morgan fingerprint density at radius 2 is 1.36 bits per heavy atom. The summed E-state index contributed by atoms with van der Waals surface area (Å²) in [6, 6.07) is -5.15. The lowest BCUT2D eigenvalue weighted by Gasteiger charge is -2.26. The van der Waals surface area contributed by atoms with Crippen LogP contribution in [-0.2, 0) is 28.8 Å². The van der Waals surface area contributed by atoms with Gasteiger partial charge in [-0.1, -0.05) is 34.1 Å². The second kappa shape index (κ2) is 14.0. The van der Waals surface area contributed by atoms with Crippen molar-refractivity contribution in [2.45, 2.75) is 77.5 Å². The first kappa shape index (κ1) is 29.8. The molecular weight excluding hydrogens is 438 g/mol. The largest absolute Gasteiger partial charge is 0.481 e. The first-order valence-electron chi connectivity index (χ1n) is 10.6. The van der Waals surface area contributed by atoms with E-state index in [1.807, 2.05) is 0 Å². The molecule has 5 unspecified atom stereocenters. The lowest BCUT2D eigenvalue weighted by molar-refractivity contribution is -0.144. The Balaban J connectivity index is 5.64. The number of aliphatic carboxylic acids is 2. The average Bonchev–Trinajstić information content (AvgIpc) is 2.71. The van der Waals surface area contributed by atoms with Crippen LogP contribution in [-0.4, -0.2) is 69.9 Å². The first-order valence-corrected chi connectivity index (χ1v) is 10.6. The topological polar surface area (TPSA) is 231 Å². The Bertz CT molecular complexity index is 742. The number of carbonyl (C=O) groups excluding carboxylic acids is 4. The number of carbonyl (C=O) groups is 6. The van der Waals surface area contributed by atoms with Crippen molar-refractivity contribution < 1.29 is 39.0 Å². The molecule has 0 aromatic heterocycles. The molecule has 0 saturated carbocycles. The summed E-state index contributed by atoms with van der Waals surface area (Å²) in [7, 11) is 0. The molecular formula is C20H35N5O8. The summed E-state index contributed by atoms with van der Waals surface area (Å²) in [6.45, 7) is 6.70. The van der Waals surface area contributed by atoms with Gasteiger partial charge in [0.05, 0.1) is 12.5 Å². The fraction of sp³-hybridized carbons (Fsp3) is 0.700. The number of hydrogen-bond donors (Lipinski definition) is 7. The third-order valence-electron chi connectivity index (χ3n) is 5.12. The minimum absolute atomic E-state index is 0.268. The maximum Gasteiger partial charge on any atom is 0.326 e. The number of nitrogens with one attached hydrogen (secondary N) is 3. The van der Waals surface area contributed by atoms with Gasteiger partial charge in [0.25, 0.3) is 0 Å².